The molecule has 9 nitrogen and oxygen atoms in total. The second kappa shape index (κ2) is 9.62. The molecule has 1 aromatic heterocycles. The minimum absolute atomic E-state index is 0.0236. The number of benzene rings is 2. The minimum Gasteiger partial charge on any atom is -0.496 e. The molecule has 162 valence electrons. The Labute approximate surface area is 184 Å². The van der Waals surface area contributed by atoms with E-state index in [-0.39, 0.29) is 27.8 Å². The summed E-state index contributed by atoms with van der Waals surface area (Å²) >= 11 is 11.0. The third-order valence-corrected chi connectivity index (χ3v) is 4.57. The Morgan fingerprint density at radius 3 is 2.74 bits per heavy atom. The lowest BCUT2D eigenvalue weighted by molar-refractivity contribution is -0.384. The minimum atomic E-state index is -2.85. The smallest absolute Gasteiger partial charge is 0.299 e. The Morgan fingerprint density at radius 2 is 2.10 bits per heavy atom. The van der Waals surface area contributed by atoms with Crippen molar-refractivity contribution in [1.82, 2.24) is 14.9 Å². The maximum Gasteiger partial charge on any atom is 0.299 e. The van der Waals surface area contributed by atoms with E-state index in [2.05, 4.69) is 15.3 Å². The number of aromatic nitrogens is 3. The summed E-state index contributed by atoms with van der Waals surface area (Å²) in [5.41, 5.74) is 0.998. The number of halogens is 3. The number of H-pyrrole nitrogens is 1. The van der Waals surface area contributed by atoms with Gasteiger partial charge in [0, 0.05) is 17.7 Å². The lowest BCUT2D eigenvalue weighted by Gasteiger charge is -2.12. The first-order chi connectivity index (χ1) is 14.8. The number of hydrogen-bond acceptors (Lipinski definition) is 7. The Kier molecular flexibility index (Phi) is 6.92. The van der Waals surface area contributed by atoms with Gasteiger partial charge in [0.05, 0.1) is 23.3 Å². The van der Waals surface area contributed by atoms with Crippen LogP contribution in [-0.4, -0.2) is 33.1 Å². The van der Waals surface area contributed by atoms with E-state index in [0.717, 1.165) is 4.68 Å². The van der Waals surface area contributed by atoms with E-state index in [0.29, 0.717) is 16.9 Å². The highest BCUT2D eigenvalue weighted by molar-refractivity contribution is 7.71. The van der Waals surface area contributed by atoms with Gasteiger partial charge in [0.1, 0.15) is 18.1 Å². The van der Waals surface area contributed by atoms with Crippen LogP contribution in [0, 0.1) is 14.9 Å². The van der Waals surface area contributed by atoms with E-state index < -0.39 is 17.2 Å². The van der Waals surface area contributed by atoms with Crippen LogP contribution in [0.4, 0.5) is 14.5 Å². The maximum absolute atomic E-state index is 13.0. The molecule has 0 aliphatic heterocycles. The van der Waals surface area contributed by atoms with Crippen molar-refractivity contribution in [2.45, 2.75) is 13.0 Å². The van der Waals surface area contributed by atoms with E-state index >= 15 is 0 Å². The Hall–Kier alpha value is -3.38. The molecular formula is C18H14ClF2N5O4S. The normalized spacial score (nSPS) is 11.3. The maximum atomic E-state index is 13.0. The van der Waals surface area contributed by atoms with Crippen LogP contribution < -0.4 is 9.47 Å². The highest BCUT2D eigenvalue weighted by Gasteiger charge is 2.16. The van der Waals surface area contributed by atoms with Gasteiger partial charge in [-0.05, 0) is 42.0 Å². The summed E-state index contributed by atoms with van der Waals surface area (Å²) in [7, 11) is 1.48. The van der Waals surface area contributed by atoms with Crippen LogP contribution in [0.2, 0.25) is 5.02 Å². The first-order valence-electron chi connectivity index (χ1n) is 8.53. The molecule has 0 bridgehead atoms. The number of nitrogens with zero attached hydrogens (tertiary/aromatic N) is 4. The zero-order valence-corrected chi connectivity index (χ0v) is 17.4. The summed E-state index contributed by atoms with van der Waals surface area (Å²) in [6.07, 6.45) is -1.52. The summed E-state index contributed by atoms with van der Waals surface area (Å²) in [6, 6.07) is 8.84. The van der Waals surface area contributed by atoms with Crippen molar-refractivity contribution < 1.29 is 23.2 Å². The zero-order valence-electron chi connectivity index (χ0n) is 15.8. The predicted octanol–water partition coefficient (Wildman–Crippen LogP) is 4.91. The number of nitro groups is 1. The molecular weight excluding hydrogens is 456 g/mol. The fourth-order valence-electron chi connectivity index (χ4n) is 2.55. The van der Waals surface area contributed by atoms with Crippen molar-refractivity contribution in [3.05, 3.63) is 73.3 Å². The van der Waals surface area contributed by atoms with E-state index in [1.165, 1.54) is 31.5 Å². The van der Waals surface area contributed by atoms with Gasteiger partial charge in [0.15, 0.2) is 0 Å². The molecule has 0 atom stereocenters. The Balaban J connectivity index is 1.82. The van der Waals surface area contributed by atoms with Crippen LogP contribution in [0.15, 0.2) is 41.5 Å². The van der Waals surface area contributed by atoms with Gasteiger partial charge < -0.3 is 9.47 Å². The number of hydrogen-bond donors (Lipinski definition) is 1. The van der Waals surface area contributed by atoms with Crippen molar-refractivity contribution in [3.63, 3.8) is 0 Å². The number of non-ortho nitro benzene ring substituents is 1. The topological polar surface area (TPSA) is 108 Å². The molecule has 13 heteroatoms. The number of aromatic amines is 1. The van der Waals surface area contributed by atoms with Crippen molar-refractivity contribution >= 4 is 35.7 Å². The fourth-order valence-corrected chi connectivity index (χ4v) is 2.96. The number of ether oxygens (including phenoxy) is 2. The average Bonchev–Trinajstić information content (AvgIpc) is 3.11. The van der Waals surface area contributed by atoms with Crippen molar-refractivity contribution in [2.24, 2.45) is 5.10 Å². The number of methoxy groups -OCH3 is 1. The third-order valence-electron chi connectivity index (χ3n) is 4.01. The van der Waals surface area contributed by atoms with Crippen molar-refractivity contribution in [2.75, 3.05) is 7.11 Å². The average molecular weight is 470 g/mol. The highest BCUT2D eigenvalue weighted by Crippen LogP contribution is 2.30. The number of nitrogens with one attached hydrogen (secondary N) is 1. The molecule has 0 amide bonds. The highest BCUT2D eigenvalue weighted by atomic mass is 35.5. The summed E-state index contributed by atoms with van der Waals surface area (Å²) in [5, 5.41) is 20.6. The molecule has 3 rings (SSSR count). The standard InChI is InChI=1S/C18H14ClF2N5O4S/c1-29-14-4-2-10(8-22-25-17(16(20)21)23-24-18(25)31)6-11(14)9-30-15-5-3-12(26(27)28)7-13(15)19/h2-8,16H,9H2,1H3,(H,24,31)/b22-8+. The molecule has 2 aromatic carbocycles. The lowest BCUT2D eigenvalue weighted by atomic mass is 10.1. The molecule has 0 radical (unpaired) electrons. The number of alkyl halides is 2. The molecule has 3 aromatic rings. The van der Waals surface area contributed by atoms with Gasteiger partial charge in [-0.25, -0.2) is 13.9 Å². The van der Waals surface area contributed by atoms with Gasteiger partial charge in [0.2, 0.25) is 10.6 Å². The summed E-state index contributed by atoms with van der Waals surface area (Å²) in [5.74, 6) is 0.147. The lowest BCUT2D eigenvalue weighted by Crippen LogP contribution is -2.02. The Bertz CT molecular complexity index is 1200. The molecule has 0 saturated carbocycles. The van der Waals surface area contributed by atoms with Crippen molar-refractivity contribution in [3.8, 4) is 11.5 Å². The summed E-state index contributed by atoms with van der Waals surface area (Å²) in [4.78, 5) is 10.3. The summed E-state index contributed by atoms with van der Waals surface area (Å²) in [6.45, 7) is 0.0236. The second-order valence-corrected chi connectivity index (χ2v) is 6.77. The van der Waals surface area contributed by atoms with Crippen LogP contribution in [-0.2, 0) is 6.61 Å². The van der Waals surface area contributed by atoms with E-state index in [1.807, 2.05) is 0 Å². The summed E-state index contributed by atoms with van der Waals surface area (Å²) < 4.78 is 37.7. The molecule has 0 saturated heterocycles. The van der Waals surface area contributed by atoms with Gasteiger partial charge in [-0.2, -0.15) is 14.9 Å². The van der Waals surface area contributed by atoms with Gasteiger partial charge in [-0.3, -0.25) is 10.1 Å². The van der Waals surface area contributed by atoms with Gasteiger partial charge in [0.25, 0.3) is 12.1 Å². The van der Waals surface area contributed by atoms with Gasteiger partial charge >= 0.3 is 0 Å². The molecule has 0 spiro atoms. The molecule has 0 fully saturated rings. The van der Waals surface area contributed by atoms with Gasteiger partial charge in [-0.15, -0.1) is 0 Å². The predicted molar refractivity (Wildman–Crippen MR) is 111 cm³/mol. The van der Waals surface area contributed by atoms with E-state index in [4.69, 9.17) is 33.3 Å². The molecule has 1 N–H and O–H groups in total. The van der Waals surface area contributed by atoms with Crippen LogP contribution in [0.1, 0.15) is 23.4 Å². The van der Waals surface area contributed by atoms with E-state index in [9.17, 15) is 18.9 Å². The van der Waals surface area contributed by atoms with Crippen molar-refractivity contribution in [1.29, 1.82) is 0 Å². The molecule has 0 aliphatic carbocycles. The molecule has 31 heavy (non-hydrogen) atoms. The quantitative estimate of drug-likeness (QED) is 0.217. The first-order valence-corrected chi connectivity index (χ1v) is 9.32. The second-order valence-electron chi connectivity index (χ2n) is 5.98. The van der Waals surface area contributed by atoms with E-state index in [1.54, 1.807) is 18.2 Å². The largest absolute Gasteiger partial charge is 0.496 e. The first kappa shape index (κ1) is 22.3. The van der Waals surface area contributed by atoms with Crippen LogP contribution in [0.3, 0.4) is 0 Å². The SMILES string of the molecule is COc1ccc(/C=N/n2c(C(F)F)n[nH]c2=S)cc1COc1ccc([N+](=O)[O-])cc1Cl. The van der Waals surface area contributed by atoms with Crippen LogP contribution in [0.5, 0.6) is 11.5 Å². The number of nitro benzene ring substituents is 1. The molecule has 0 unspecified atom stereocenters. The molecule has 0 aliphatic rings. The third kappa shape index (κ3) is 5.22. The Morgan fingerprint density at radius 1 is 1.35 bits per heavy atom. The van der Waals surface area contributed by atoms with Crippen LogP contribution >= 0.6 is 23.8 Å². The fraction of sp³-hybridized carbons (Fsp3) is 0.167. The zero-order chi connectivity index (χ0) is 22.5. The molecule has 1 heterocycles. The monoisotopic (exact) mass is 469 g/mol. The van der Waals surface area contributed by atoms with Crippen LogP contribution in [0.25, 0.3) is 0 Å². The van der Waals surface area contributed by atoms with Gasteiger partial charge in [-0.1, -0.05) is 11.6 Å². The number of rotatable bonds is 8.